The van der Waals surface area contributed by atoms with E-state index in [0.717, 1.165) is 44.5 Å². The molecule has 128 valence electrons. The lowest BCUT2D eigenvalue weighted by atomic mass is 10.0. The topological polar surface area (TPSA) is 75.4 Å². The lowest BCUT2D eigenvalue weighted by Crippen LogP contribution is -2.30. The molecule has 2 amide bonds. The van der Waals surface area contributed by atoms with Crippen molar-refractivity contribution in [2.24, 2.45) is 11.7 Å². The summed E-state index contributed by atoms with van der Waals surface area (Å²) in [4.78, 5) is 26.2. The van der Waals surface area contributed by atoms with Gasteiger partial charge < -0.3 is 16.0 Å². The quantitative estimate of drug-likeness (QED) is 0.816. The summed E-state index contributed by atoms with van der Waals surface area (Å²) in [7, 11) is 0. The van der Waals surface area contributed by atoms with E-state index in [-0.39, 0.29) is 5.91 Å². The summed E-state index contributed by atoms with van der Waals surface area (Å²) in [5.74, 6) is -0.163. The summed E-state index contributed by atoms with van der Waals surface area (Å²) in [6.45, 7) is 1.95. The second-order valence-electron chi connectivity index (χ2n) is 6.66. The molecule has 3 rings (SSSR count). The van der Waals surface area contributed by atoms with Gasteiger partial charge in [-0.3, -0.25) is 9.59 Å². The summed E-state index contributed by atoms with van der Waals surface area (Å²) < 4.78 is 0. The highest BCUT2D eigenvalue weighted by molar-refractivity contribution is 5.99. The number of anilines is 2. The van der Waals surface area contributed by atoms with E-state index in [4.69, 9.17) is 5.73 Å². The molecule has 5 nitrogen and oxygen atoms in total. The van der Waals surface area contributed by atoms with E-state index in [9.17, 15) is 9.59 Å². The van der Waals surface area contributed by atoms with Crippen LogP contribution in [0.5, 0.6) is 0 Å². The summed E-state index contributed by atoms with van der Waals surface area (Å²) in [6.07, 6.45) is 10.4. The zero-order valence-corrected chi connectivity index (χ0v) is 14.0. The van der Waals surface area contributed by atoms with Crippen molar-refractivity contribution >= 4 is 23.2 Å². The standard InChI is InChI=1S/C19H25N3O2/c20-19(24)15-8-9-17(22-10-4-1-5-11-22)16(13-15)21-18(23)12-14-6-2-3-7-14/h2,6,8-9,13-14H,1,3-5,7,10-12H2,(H2,20,24)(H,21,23). The number of rotatable bonds is 5. The van der Waals surface area contributed by atoms with E-state index in [0.29, 0.717) is 23.6 Å². The molecule has 0 aromatic heterocycles. The average Bonchev–Trinajstić information content (AvgIpc) is 3.08. The summed E-state index contributed by atoms with van der Waals surface area (Å²) in [5, 5.41) is 3.01. The SMILES string of the molecule is NC(=O)c1ccc(N2CCCCC2)c(NC(=O)CC2C=CCC2)c1. The maximum Gasteiger partial charge on any atom is 0.248 e. The number of hydrogen-bond donors (Lipinski definition) is 2. The number of piperidine rings is 1. The Morgan fingerprint density at radius 3 is 2.67 bits per heavy atom. The maximum atomic E-state index is 12.4. The number of carbonyl (C=O) groups excluding carboxylic acids is 2. The molecule has 0 saturated carbocycles. The third-order valence-corrected chi connectivity index (χ3v) is 4.81. The van der Waals surface area contributed by atoms with Crippen LogP contribution < -0.4 is 16.0 Å². The molecule has 5 heteroatoms. The third kappa shape index (κ3) is 3.96. The number of nitrogens with two attached hydrogens (primary N) is 1. The number of amides is 2. The minimum absolute atomic E-state index is 0.00794. The van der Waals surface area contributed by atoms with Gasteiger partial charge in [0.25, 0.3) is 0 Å². The van der Waals surface area contributed by atoms with Gasteiger partial charge in [-0.2, -0.15) is 0 Å². The van der Waals surface area contributed by atoms with Crippen molar-refractivity contribution in [1.29, 1.82) is 0 Å². The van der Waals surface area contributed by atoms with E-state index in [2.05, 4.69) is 22.4 Å². The fourth-order valence-electron chi connectivity index (χ4n) is 3.50. The molecule has 1 heterocycles. The molecule has 1 atom stereocenters. The molecule has 0 radical (unpaired) electrons. The zero-order valence-electron chi connectivity index (χ0n) is 14.0. The number of primary amides is 1. The van der Waals surface area contributed by atoms with Gasteiger partial charge in [0, 0.05) is 25.1 Å². The Morgan fingerprint density at radius 1 is 1.21 bits per heavy atom. The predicted molar refractivity (Wildman–Crippen MR) is 96.1 cm³/mol. The van der Waals surface area contributed by atoms with Gasteiger partial charge in [-0.25, -0.2) is 0 Å². The van der Waals surface area contributed by atoms with Crippen LogP contribution in [-0.2, 0) is 4.79 Å². The third-order valence-electron chi connectivity index (χ3n) is 4.81. The molecular weight excluding hydrogens is 302 g/mol. The van der Waals surface area contributed by atoms with Crippen LogP contribution in [0.3, 0.4) is 0 Å². The molecule has 1 saturated heterocycles. The normalized spacial score (nSPS) is 20.2. The lowest BCUT2D eigenvalue weighted by Gasteiger charge is -2.30. The Labute approximate surface area is 142 Å². The fraction of sp³-hybridized carbons (Fsp3) is 0.474. The second-order valence-corrected chi connectivity index (χ2v) is 6.66. The molecule has 24 heavy (non-hydrogen) atoms. The largest absolute Gasteiger partial charge is 0.370 e. The number of nitrogens with zero attached hydrogens (tertiary/aromatic N) is 1. The summed E-state index contributed by atoms with van der Waals surface area (Å²) in [5.41, 5.74) is 7.50. The first kappa shape index (κ1) is 16.6. The highest BCUT2D eigenvalue weighted by Gasteiger charge is 2.19. The van der Waals surface area contributed by atoms with Crippen LogP contribution in [0.4, 0.5) is 11.4 Å². The van der Waals surface area contributed by atoms with Crippen molar-refractivity contribution in [3.63, 3.8) is 0 Å². The van der Waals surface area contributed by atoms with E-state index in [1.165, 1.54) is 6.42 Å². The van der Waals surface area contributed by atoms with Gasteiger partial charge in [0.2, 0.25) is 11.8 Å². The zero-order chi connectivity index (χ0) is 16.9. The molecule has 2 aliphatic rings. The highest BCUT2D eigenvalue weighted by atomic mass is 16.2. The maximum absolute atomic E-state index is 12.4. The van der Waals surface area contributed by atoms with Crippen LogP contribution in [0, 0.1) is 5.92 Å². The Bertz CT molecular complexity index is 648. The van der Waals surface area contributed by atoms with Crippen molar-refractivity contribution in [3.8, 4) is 0 Å². The number of benzene rings is 1. The molecule has 1 aromatic rings. The molecule has 1 aliphatic heterocycles. The van der Waals surface area contributed by atoms with Crippen molar-refractivity contribution in [2.45, 2.75) is 38.5 Å². The predicted octanol–water partition coefficient (Wildman–Crippen LogP) is 3.07. The van der Waals surface area contributed by atoms with Crippen molar-refractivity contribution < 1.29 is 9.59 Å². The Hall–Kier alpha value is -2.30. The van der Waals surface area contributed by atoms with Crippen LogP contribution >= 0.6 is 0 Å². The monoisotopic (exact) mass is 327 g/mol. The Kier molecular flexibility index (Phi) is 5.18. The van der Waals surface area contributed by atoms with Crippen molar-refractivity contribution in [1.82, 2.24) is 0 Å². The molecule has 1 aromatic carbocycles. The van der Waals surface area contributed by atoms with Crippen LogP contribution in [0.25, 0.3) is 0 Å². The molecule has 1 aliphatic carbocycles. The van der Waals surface area contributed by atoms with Crippen molar-refractivity contribution in [2.75, 3.05) is 23.3 Å². The fourth-order valence-corrected chi connectivity index (χ4v) is 3.50. The van der Waals surface area contributed by atoms with E-state index < -0.39 is 5.91 Å². The molecule has 0 bridgehead atoms. The number of allylic oxidation sites excluding steroid dienone is 2. The first-order valence-electron chi connectivity index (χ1n) is 8.79. The molecule has 1 fully saturated rings. The molecule has 0 spiro atoms. The minimum Gasteiger partial charge on any atom is -0.370 e. The summed E-state index contributed by atoms with van der Waals surface area (Å²) >= 11 is 0. The number of nitrogens with one attached hydrogen (secondary N) is 1. The number of hydrogen-bond acceptors (Lipinski definition) is 3. The Balaban J connectivity index is 1.79. The lowest BCUT2D eigenvalue weighted by molar-refractivity contribution is -0.116. The second kappa shape index (κ2) is 7.51. The molecular formula is C19H25N3O2. The number of carbonyl (C=O) groups is 2. The van der Waals surface area contributed by atoms with Crippen LogP contribution in [0.2, 0.25) is 0 Å². The molecule has 3 N–H and O–H groups in total. The van der Waals surface area contributed by atoms with E-state index >= 15 is 0 Å². The van der Waals surface area contributed by atoms with E-state index in [1.807, 2.05) is 6.07 Å². The van der Waals surface area contributed by atoms with Gasteiger partial charge in [-0.1, -0.05) is 12.2 Å². The van der Waals surface area contributed by atoms with Crippen LogP contribution in [-0.4, -0.2) is 24.9 Å². The van der Waals surface area contributed by atoms with Gasteiger partial charge in [-0.05, 0) is 56.2 Å². The highest BCUT2D eigenvalue weighted by Crippen LogP contribution is 2.30. The van der Waals surface area contributed by atoms with Crippen LogP contribution in [0.1, 0.15) is 48.9 Å². The Morgan fingerprint density at radius 2 is 2.00 bits per heavy atom. The van der Waals surface area contributed by atoms with Gasteiger partial charge in [0.1, 0.15) is 0 Å². The summed E-state index contributed by atoms with van der Waals surface area (Å²) in [6, 6.07) is 5.34. The van der Waals surface area contributed by atoms with Gasteiger partial charge in [-0.15, -0.1) is 0 Å². The van der Waals surface area contributed by atoms with Gasteiger partial charge >= 0.3 is 0 Å². The van der Waals surface area contributed by atoms with Crippen molar-refractivity contribution in [3.05, 3.63) is 35.9 Å². The van der Waals surface area contributed by atoms with Crippen LogP contribution in [0.15, 0.2) is 30.4 Å². The average molecular weight is 327 g/mol. The first-order valence-corrected chi connectivity index (χ1v) is 8.79. The minimum atomic E-state index is -0.477. The molecule has 1 unspecified atom stereocenters. The smallest absolute Gasteiger partial charge is 0.248 e. The van der Waals surface area contributed by atoms with Gasteiger partial charge in [0.05, 0.1) is 11.4 Å². The van der Waals surface area contributed by atoms with Gasteiger partial charge in [0.15, 0.2) is 0 Å². The first-order chi connectivity index (χ1) is 11.6. The van der Waals surface area contributed by atoms with E-state index in [1.54, 1.807) is 12.1 Å².